The molecule has 1 aliphatic heterocycles. The minimum absolute atomic E-state index is 0.0418. The number of anilines is 1. The molecule has 1 amide bonds. The predicted octanol–water partition coefficient (Wildman–Crippen LogP) is 1.43. The zero-order chi connectivity index (χ0) is 20.3. The molecule has 1 atom stereocenters. The lowest BCUT2D eigenvalue weighted by Crippen LogP contribution is -2.44. The van der Waals surface area contributed by atoms with Crippen LogP contribution in [-0.4, -0.2) is 57.5 Å². The molecule has 1 aliphatic rings. The fourth-order valence-corrected chi connectivity index (χ4v) is 4.05. The van der Waals surface area contributed by atoms with Crippen molar-refractivity contribution in [2.24, 2.45) is 13.0 Å². The van der Waals surface area contributed by atoms with Crippen molar-refractivity contribution < 1.29 is 4.79 Å². The maximum absolute atomic E-state index is 12.9. The van der Waals surface area contributed by atoms with Crippen molar-refractivity contribution in [3.05, 3.63) is 39.6 Å². The molecule has 0 radical (unpaired) electrons. The number of H-pyrrole nitrogens is 1. The molecule has 1 unspecified atom stereocenters. The van der Waals surface area contributed by atoms with E-state index in [1.165, 1.54) is 11.3 Å². The highest BCUT2D eigenvalue weighted by Crippen LogP contribution is 2.23. The molecule has 2 aromatic rings. The first-order valence-electron chi connectivity index (χ1n) is 9.90. The third-order valence-corrected chi connectivity index (χ3v) is 5.74. The maximum atomic E-state index is 12.9. The van der Waals surface area contributed by atoms with Gasteiger partial charge in [0.05, 0.1) is 23.5 Å². The van der Waals surface area contributed by atoms with Crippen LogP contribution in [0.15, 0.2) is 17.1 Å². The number of nitrogens with one attached hydrogen (secondary N) is 1. The first-order chi connectivity index (χ1) is 13.4. The molecule has 8 nitrogen and oxygen atoms in total. The number of aromatic nitrogens is 4. The van der Waals surface area contributed by atoms with Crippen LogP contribution < -0.4 is 10.5 Å². The molecular weight excluding hydrogens is 356 g/mol. The molecule has 0 saturated carbocycles. The Bertz CT molecular complexity index is 887. The van der Waals surface area contributed by atoms with Crippen molar-refractivity contribution in [3.63, 3.8) is 0 Å². The van der Waals surface area contributed by atoms with Gasteiger partial charge in [-0.25, -0.2) is 5.10 Å². The molecule has 0 spiro atoms. The van der Waals surface area contributed by atoms with Gasteiger partial charge in [-0.3, -0.25) is 14.3 Å². The highest BCUT2D eigenvalue weighted by molar-refractivity contribution is 5.79. The Kier molecular flexibility index (Phi) is 6.16. The minimum atomic E-state index is -0.218. The number of amides is 1. The van der Waals surface area contributed by atoms with E-state index in [4.69, 9.17) is 0 Å². The van der Waals surface area contributed by atoms with Gasteiger partial charge in [0, 0.05) is 45.5 Å². The van der Waals surface area contributed by atoms with Gasteiger partial charge in [-0.05, 0) is 45.1 Å². The van der Waals surface area contributed by atoms with Crippen molar-refractivity contribution in [2.75, 3.05) is 31.6 Å². The lowest BCUT2D eigenvalue weighted by atomic mass is 9.96. The number of aromatic amines is 1. The van der Waals surface area contributed by atoms with Crippen LogP contribution >= 0.6 is 0 Å². The third kappa shape index (κ3) is 4.43. The maximum Gasteiger partial charge on any atom is 0.266 e. The van der Waals surface area contributed by atoms with Gasteiger partial charge in [0.25, 0.3) is 5.56 Å². The lowest BCUT2D eigenvalue weighted by molar-refractivity contribution is -0.134. The summed E-state index contributed by atoms with van der Waals surface area (Å²) in [4.78, 5) is 28.4. The summed E-state index contributed by atoms with van der Waals surface area (Å²) in [6, 6.07) is 1.54. The van der Waals surface area contributed by atoms with Gasteiger partial charge in [0.15, 0.2) is 0 Å². The molecule has 1 N–H and O–H groups in total. The van der Waals surface area contributed by atoms with Gasteiger partial charge < -0.3 is 9.80 Å². The van der Waals surface area contributed by atoms with Crippen molar-refractivity contribution in [2.45, 2.75) is 39.5 Å². The third-order valence-electron chi connectivity index (χ3n) is 5.74. The number of piperidine rings is 1. The van der Waals surface area contributed by atoms with E-state index in [1.54, 1.807) is 12.3 Å². The molecule has 152 valence electrons. The van der Waals surface area contributed by atoms with Crippen LogP contribution in [0.4, 0.5) is 5.69 Å². The Labute approximate surface area is 165 Å². The van der Waals surface area contributed by atoms with E-state index in [2.05, 4.69) is 27.1 Å². The quantitative estimate of drug-likeness (QED) is 0.811. The van der Waals surface area contributed by atoms with Crippen molar-refractivity contribution in [1.29, 1.82) is 0 Å². The number of rotatable bonds is 6. The number of carbonyl (C=O) groups excluding carboxylic acids is 1. The van der Waals surface area contributed by atoms with E-state index in [-0.39, 0.29) is 17.4 Å². The summed E-state index contributed by atoms with van der Waals surface area (Å²) in [5.41, 5.74) is 4.12. The fraction of sp³-hybridized carbons (Fsp3) is 0.600. The second-order valence-electron chi connectivity index (χ2n) is 7.72. The first kappa shape index (κ1) is 20.1. The Balaban J connectivity index is 1.54. The lowest BCUT2D eigenvalue weighted by Gasteiger charge is -2.35. The zero-order valence-corrected chi connectivity index (χ0v) is 17.2. The smallest absolute Gasteiger partial charge is 0.266 e. The van der Waals surface area contributed by atoms with E-state index in [0.717, 1.165) is 50.2 Å². The molecule has 3 heterocycles. The number of hydrogen-bond acceptors (Lipinski definition) is 5. The van der Waals surface area contributed by atoms with Crippen LogP contribution in [-0.2, 0) is 18.3 Å². The van der Waals surface area contributed by atoms with E-state index in [9.17, 15) is 9.59 Å². The Morgan fingerprint density at radius 2 is 2.18 bits per heavy atom. The van der Waals surface area contributed by atoms with E-state index in [0.29, 0.717) is 6.54 Å². The van der Waals surface area contributed by atoms with Crippen LogP contribution in [0.25, 0.3) is 0 Å². The number of nitrogens with zero attached hydrogens (tertiary/aromatic N) is 5. The molecule has 1 fully saturated rings. The molecule has 0 bridgehead atoms. The molecule has 8 heteroatoms. The van der Waals surface area contributed by atoms with Gasteiger partial charge >= 0.3 is 0 Å². The Morgan fingerprint density at radius 1 is 1.39 bits per heavy atom. The van der Waals surface area contributed by atoms with Crippen molar-refractivity contribution in [3.8, 4) is 0 Å². The van der Waals surface area contributed by atoms with E-state index < -0.39 is 0 Å². The normalized spacial score (nSPS) is 17.0. The summed E-state index contributed by atoms with van der Waals surface area (Å²) < 4.78 is 1.92. The standard InChI is InChI=1S/C20H30N6O2/c1-14-18(15(2)25(4)23-14)8-6-9-24(3)20(28)16-7-5-10-26(13-16)17-11-19(27)22-21-12-17/h11-12,16H,5-10,13H2,1-4H3,(H,22,27). The van der Waals surface area contributed by atoms with Crippen LogP contribution in [0.1, 0.15) is 36.2 Å². The summed E-state index contributed by atoms with van der Waals surface area (Å²) in [6.45, 7) is 6.34. The highest BCUT2D eigenvalue weighted by atomic mass is 16.2. The van der Waals surface area contributed by atoms with Gasteiger partial charge in [-0.1, -0.05) is 0 Å². The minimum Gasteiger partial charge on any atom is -0.369 e. The number of hydrogen-bond donors (Lipinski definition) is 1. The van der Waals surface area contributed by atoms with Gasteiger partial charge in [-0.2, -0.15) is 10.2 Å². The second-order valence-corrected chi connectivity index (χ2v) is 7.72. The first-order valence-corrected chi connectivity index (χ1v) is 9.90. The van der Waals surface area contributed by atoms with Crippen LogP contribution in [0.3, 0.4) is 0 Å². The van der Waals surface area contributed by atoms with Crippen LogP contribution in [0.2, 0.25) is 0 Å². The number of carbonyl (C=O) groups is 1. The largest absolute Gasteiger partial charge is 0.369 e. The molecule has 3 rings (SSSR count). The molecular formula is C20H30N6O2. The summed E-state index contributed by atoms with van der Waals surface area (Å²) in [5, 5.41) is 10.7. The second kappa shape index (κ2) is 8.58. The van der Waals surface area contributed by atoms with Crippen LogP contribution in [0.5, 0.6) is 0 Å². The Hall–Kier alpha value is -2.64. The van der Waals surface area contributed by atoms with E-state index >= 15 is 0 Å². The van der Waals surface area contributed by atoms with Gasteiger partial charge in [-0.15, -0.1) is 0 Å². The summed E-state index contributed by atoms with van der Waals surface area (Å²) in [7, 11) is 3.85. The molecule has 2 aromatic heterocycles. The van der Waals surface area contributed by atoms with Crippen LogP contribution in [0, 0.1) is 19.8 Å². The number of aryl methyl sites for hydroxylation is 2. The van der Waals surface area contributed by atoms with Gasteiger partial charge in [0.2, 0.25) is 5.91 Å². The predicted molar refractivity (Wildman–Crippen MR) is 108 cm³/mol. The molecule has 0 aliphatic carbocycles. The molecule has 1 saturated heterocycles. The fourth-order valence-electron chi connectivity index (χ4n) is 4.05. The van der Waals surface area contributed by atoms with Gasteiger partial charge in [0.1, 0.15) is 0 Å². The zero-order valence-electron chi connectivity index (χ0n) is 17.2. The monoisotopic (exact) mass is 386 g/mol. The van der Waals surface area contributed by atoms with E-state index in [1.807, 2.05) is 30.6 Å². The summed E-state index contributed by atoms with van der Waals surface area (Å²) >= 11 is 0. The summed E-state index contributed by atoms with van der Waals surface area (Å²) in [5.74, 6) is 0.141. The average Bonchev–Trinajstić information content (AvgIpc) is 2.93. The average molecular weight is 387 g/mol. The topological polar surface area (TPSA) is 87.1 Å². The van der Waals surface area contributed by atoms with Crippen molar-refractivity contribution >= 4 is 11.6 Å². The highest BCUT2D eigenvalue weighted by Gasteiger charge is 2.28. The van der Waals surface area contributed by atoms with Crippen molar-refractivity contribution in [1.82, 2.24) is 24.9 Å². The summed E-state index contributed by atoms with van der Waals surface area (Å²) in [6.07, 6.45) is 5.32. The molecule has 28 heavy (non-hydrogen) atoms. The SMILES string of the molecule is Cc1nn(C)c(C)c1CCCN(C)C(=O)C1CCCN(c2cn[nH]c(=O)c2)C1. The molecule has 0 aromatic carbocycles. The Morgan fingerprint density at radius 3 is 2.86 bits per heavy atom.